The Kier molecular flexibility index (Phi) is 8.14. The molecule has 6 N–H and O–H groups in total. The zero-order valence-electron chi connectivity index (χ0n) is 19.7. The summed E-state index contributed by atoms with van der Waals surface area (Å²) >= 11 is 0. The van der Waals surface area contributed by atoms with E-state index in [-0.39, 0.29) is 17.9 Å². The van der Waals surface area contributed by atoms with Crippen LogP contribution in [0.5, 0.6) is 0 Å². The molecule has 0 atom stereocenters. The van der Waals surface area contributed by atoms with Gasteiger partial charge in [-0.05, 0) is 62.3 Å². The maximum absolute atomic E-state index is 14.9. The highest BCUT2D eigenvalue weighted by atomic mass is 19.2. The van der Waals surface area contributed by atoms with Crippen LogP contribution in [0.4, 0.5) is 24.8 Å². The van der Waals surface area contributed by atoms with Crippen molar-refractivity contribution in [1.29, 1.82) is 0 Å². The largest absolute Gasteiger partial charge is 0.343 e. The van der Waals surface area contributed by atoms with Gasteiger partial charge in [0, 0.05) is 36.5 Å². The van der Waals surface area contributed by atoms with Crippen LogP contribution >= 0.6 is 0 Å². The van der Waals surface area contributed by atoms with Crippen molar-refractivity contribution in [3.63, 3.8) is 0 Å². The summed E-state index contributed by atoms with van der Waals surface area (Å²) < 4.78 is 41.8. The minimum absolute atomic E-state index is 0.0209. The molecule has 0 bridgehead atoms. The first kappa shape index (κ1) is 25.5. The van der Waals surface area contributed by atoms with Gasteiger partial charge in [0.05, 0.1) is 5.56 Å². The minimum atomic E-state index is -0.963. The number of fused-ring (bicyclic) bond motifs is 1. The number of aromatic nitrogens is 2. The Morgan fingerprint density at radius 1 is 1.00 bits per heavy atom. The Morgan fingerprint density at radius 3 is 2.39 bits per heavy atom. The number of benzene rings is 2. The van der Waals surface area contributed by atoms with Crippen molar-refractivity contribution in [3.05, 3.63) is 75.5 Å². The Labute approximate surface area is 206 Å². The van der Waals surface area contributed by atoms with Crippen LogP contribution in [-0.4, -0.2) is 46.9 Å². The van der Waals surface area contributed by atoms with E-state index >= 15 is 0 Å². The van der Waals surface area contributed by atoms with Gasteiger partial charge in [-0.2, -0.15) is 4.99 Å². The number of nitrogens with one attached hydrogen (secondary N) is 2. The summed E-state index contributed by atoms with van der Waals surface area (Å²) in [5, 5.41) is 2.89. The topological polar surface area (TPSA) is 125 Å². The molecule has 0 fully saturated rings. The molecule has 2 aromatic carbocycles. The fourth-order valence-corrected chi connectivity index (χ4v) is 4.06. The highest BCUT2D eigenvalue weighted by molar-refractivity contribution is 6.03. The molecule has 0 aliphatic carbocycles. The quantitative estimate of drug-likeness (QED) is 0.340. The zero-order valence-corrected chi connectivity index (χ0v) is 19.7. The van der Waals surface area contributed by atoms with Gasteiger partial charge in [-0.15, -0.1) is 0 Å². The maximum atomic E-state index is 14.9. The summed E-state index contributed by atoms with van der Waals surface area (Å²) in [6.07, 6.45) is 3.16. The summed E-state index contributed by atoms with van der Waals surface area (Å²) in [5.74, 6) is -1.92. The van der Waals surface area contributed by atoms with Crippen molar-refractivity contribution in [2.45, 2.75) is 25.8 Å². The summed E-state index contributed by atoms with van der Waals surface area (Å²) in [6.45, 7) is 3.01. The lowest BCUT2D eigenvalue weighted by molar-refractivity contribution is 0.258. The van der Waals surface area contributed by atoms with Crippen LogP contribution in [0.3, 0.4) is 0 Å². The Balaban J connectivity index is 1.49. The lowest BCUT2D eigenvalue weighted by atomic mass is 10.1. The van der Waals surface area contributed by atoms with E-state index in [1.54, 1.807) is 12.1 Å². The van der Waals surface area contributed by atoms with Crippen LogP contribution in [0.2, 0.25) is 0 Å². The van der Waals surface area contributed by atoms with E-state index in [1.807, 2.05) is 0 Å². The molecule has 0 saturated heterocycles. The molecular formula is C25H28F3N7O. The third-order valence-corrected chi connectivity index (χ3v) is 5.92. The number of aromatic amines is 1. The number of nitrogens with two attached hydrogens (primary N) is 2. The molecule has 0 spiro atoms. The summed E-state index contributed by atoms with van der Waals surface area (Å²) in [5.41, 5.74) is 12.8. The van der Waals surface area contributed by atoms with Crippen LogP contribution in [0.25, 0.3) is 11.1 Å². The zero-order chi connectivity index (χ0) is 25.7. The van der Waals surface area contributed by atoms with E-state index in [0.29, 0.717) is 47.8 Å². The van der Waals surface area contributed by atoms with Gasteiger partial charge < -0.3 is 16.8 Å². The van der Waals surface area contributed by atoms with Crippen molar-refractivity contribution in [1.82, 2.24) is 14.9 Å². The molecule has 0 unspecified atom stereocenters. The van der Waals surface area contributed by atoms with Crippen molar-refractivity contribution >= 4 is 17.5 Å². The van der Waals surface area contributed by atoms with Gasteiger partial charge in [-0.3, -0.25) is 14.7 Å². The molecule has 190 valence electrons. The summed E-state index contributed by atoms with van der Waals surface area (Å²) in [4.78, 5) is 25.8. The number of hydrogen-bond acceptors (Lipinski definition) is 6. The molecule has 11 heteroatoms. The molecule has 3 aromatic rings. The second-order valence-corrected chi connectivity index (χ2v) is 8.60. The molecule has 4 rings (SSSR count). The van der Waals surface area contributed by atoms with Crippen LogP contribution in [-0.2, 0) is 13.0 Å². The highest BCUT2D eigenvalue weighted by Gasteiger charge is 2.20. The van der Waals surface area contributed by atoms with E-state index in [9.17, 15) is 18.0 Å². The van der Waals surface area contributed by atoms with Gasteiger partial charge in [0.15, 0.2) is 11.6 Å². The second kappa shape index (κ2) is 11.5. The van der Waals surface area contributed by atoms with Crippen molar-refractivity contribution < 1.29 is 13.2 Å². The van der Waals surface area contributed by atoms with Gasteiger partial charge in [-0.1, -0.05) is 12.1 Å². The molecule has 0 saturated carbocycles. The number of nitrogens with zero attached hydrogens (tertiary/aromatic N) is 3. The van der Waals surface area contributed by atoms with Crippen LogP contribution in [0.15, 0.2) is 46.3 Å². The van der Waals surface area contributed by atoms with Gasteiger partial charge in [0.25, 0.3) is 5.56 Å². The fourth-order valence-electron chi connectivity index (χ4n) is 4.06. The lowest BCUT2D eigenvalue weighted by Crippen LogP contribution is -2.28. The number of anilines is 1. The third-order valence-electron chi connectivity index (χ3n) is 5.92. The number of rotatable bonds is 10. The van der Waals surface area contributed by atoms with Crippen LogP contribution in [0, 0.1) is 17.5 Å². The minimum Gasteiger partial charge on any atom is -0.343 e. The molecule has 8 nitrogen and oxygen atoms in total. The number of amidine groups is 1. The second-order valence-electron chi connectivity index (χ2n) is 8.60. The van der Waals surface area contributed by atoms with Crippen molar-refractivity contribution in [3.8, 4) is 11.1 Å². The summed E-state index contributed by atoms with van der Waals surface area (Å²) in [7, 11) is 0. The predicted octanol–water partition coefficient (Wildman–Crippen LogP) is 3.05. The number of aliphatic imine (C=N–C) groups is 1. The molecule has 1 aliphatic rings. The molecule has 36 heavy (non-hydrogen) atoms. The van der Waals surface area contributed by atoms with Gasteiger partial charge >= 0.3 is 0 Å². The lowest BCUT2D eigenvalue weighted by Gasteiger charge is -2.22. The van der Waals surface area contributed by atoms with E-state index in [0.717, 1.165) is 38.1 Å². The fraction of sp³-hybridized carbons (Fsp3) is 0.320. The van der Waals surface area contributed by atoms with E-state index in [4.69, 9.17) is 11.5 Å². The predicted molar refractivity (Wildman–Crippen MR) is 134 cm³/mol. The number of H-pyrrole nitrogens is 1. The van der Waals surface area contributed by atoms with Crippen LogP contribution in [0.1, 0.15) is 24.0 Å². The molecule has 1 aliphatic heterocycles. The van der Waals surface area contributed by atoms with E-state index in [2.05, 4.69) is 25.2 Å². The first-order chi connectivity index (χ1) is 17.4. The van der Waals surface area contributed by atoms with Gasteiger partial charge in [0.1, 0.15) is 11.7 Å². The molecular weight excluding hydrogens is 471 g/mol. The standard InChI is InChI=1S/C25H28F3N7O/c26-19-9-15(3-4-16(19)14-35(7-1-5-29)8-2-6-30)18-13-31-25(34-24(18)36)33-23-11-17-10-20(27)21(28)12-22(17)32-23/h3-4,9-10,12-13H,1-2,5-8,11,14,29-30H2,(H2,31,32,33,34,36). The highest BCUT2D eigenvalue weighted by Crippen LogP contribution is 2.27. The molecule has 0 radical (unpaired) electrons. The van der Waals surface area contributed by atoms with E-state index < -0.39 is 23.0 Å². The number of hydrogen-bond donors (Lipinski definition) is 4. The molecule has 1 aromatic heterocycles. The summed E-state index contributed by atoms with van der Waals surface area (Å²) in [6, 6.07) is 6.82. The van der Waals surface area contributed by atoms with Crippen LogP contribution < -0.4 is 22.3 Å². The third kappa shape index (κ3) is 5.99. The molecule has 2 heterocycles. The first-order valence-corrected chi connectivity index (χ1v) is 11.7. The number of halogens is 3. The first-order valence-electron chi connectivity index (χ1n) is 11.7. The Hall–Kier alpha value is -3.54. The Morgan fingerprint density at radius 2 is 1.72 bits per heavy atom. The molecule has 0 amide bonds. The van der Waals surface area contributed by atoms with Gasteiger partial charge in [-0.25, -0.2) is 18.2 Å². The smallest absolute Gasteiger partial charge is 0.260 e. The monoisotopic (exact) mass is 499 g/mol. The Bertz CT molecular complexity index is 1280. The normalized spacial score (nSPS) is 13.9. The maximum Gasteiger partial charge on any atom is 0.260 e. The van der Waals surface area contributed by atoms with Crippen molar-refractivity contribution in [2.75, 3.05) is 31.5 Å². The van der Waals surface area contributed by atoms with Gasteiger partial charge in [0.2, 0.25) is 5.95 Å². The average molecular weight is 500 g/mol. The SMILES string of the molecule is NCCCN(CCCN)Cc1ccc(-c2cnc(N=C3Cc4cc(F)c(F)cc4N3)[nH]c2=O)cc1F. The van der Waals surface area contributed by atoms with E-state index in [1.165, 1.54) is 12.3 Å². The average Bonchev–Trinajstić information content (AvgIpc) is 3.22. The van der Waals surface area contributed by atoms with Crippen molar-refractivity contribution in [2.24, 2.45) is 16.5 Å².